The summed E-state index contributed by atoms with van der Waals surface area (Å²) in [6, 6.07) is 15.3. The van der Waals surface area contributed by atoms with Crippen LogP contribution in [0.15, 0.2) is 54.7 Å². The van der Waals surface area contributed by atoms with E-state index in [1.807, 2.05) is 24.4 Å². The number of benzene rings is 2. The van der Waals surface area contributed by atoms with E-state index < -0.39 is 0 Å². The molecule has 0 unspecified atom stereocenters. The molecule has 5 nitrogen and oxygen atoms in total. The zero-order valence-corrected chi connectivity index (χ0v) is 15.5. The standard InChI is InChI=1S/C20H20N2O3S/c1-24-17-9-8-15(11-18(17)25-2)20(23)22-13-19-21-12-16(26-19)10-14-6-4-3-5-7-14/h3-9,11-12H,10,13H2,1-2H3,(H,22,23). The fourth-order valence-electron chi connectivity index (χ4n) is 2.54. The van der Waals surface area contributed by atoms with Crippen molar-refractivity contribution in [3.63, 3.8) is 0 Å². The van der Waals surface area contributed by atoms with Crippen LogP contribution in [0.1, 0.15) is 25.8 Å². The van der Waals surface area contributed by atoms with Crippen molar-refractivity contribution in [1.29, 1.82) is 0 Å². The van der Waals surface area contributed by atoms with Crippen molar-refractivity contribution >= 4 is 17.2 Å². The number of hydrogen-bond donors (Lipinski definition) is 1. The van der Waals surface area contributed by atoms with Gasteiger partial charge in [0, 0.05) is 23.1 Å². The van der Waals surface area contributed by atoms with E-state index >= 15 is 0 Å². The molecule has 1 N–H and O–H groups in total. The molecule has 0 bridgehead atoms. The van der Waals surface area contributed by atoms with Gasteiger partial charge in [-0.05, 0) is 23.8 Å². The second kappa shape index (κ2) is 8.49. The highest BCUT2D eigenvalue weighted by molar-refractivity contribution is 7.11. The van der Waals surface area contributed by atoms with E-state index in [9.17, 15) is 4.79 Å². The van der Waals surface area contributed by atoms with Gasteiger partial charge < -0.3 is 14.8 Å². The Balaban J connectivity index is 1.60. The van der Waals surface area contributed by atoms with Gasteiger partial charge in [0.15, 0.2) is 11.5 Å². The number of nitrogens with one attached hydrogen (secondary N) is 1. The molecule has 134 valence electrons. The Morgan fingerprint density at radius 2 is 1.85 bits per heavy atom. The summed E-state index contributed by atoms with van der Waals surface area (Å²) in [7, 11) is 3.11. The van der Waals surface area contributed by atoms with Crippen molar-refractivity contribution in [2.45, 2.75) is 13.0 Å². The molecule has 26 heavy (non-hydrogen) atoms. The molecule has 0 fully saturated rings. The van der Waals surface area contributed by atoms with E-state index in [1.54, 1.807) is 43.8 Å². The van der Waals surface area contributed by atoms with Gasteiger partial charge >= 0.3 is 0 Å². The van der Waals surface area contributed by atoms with E-state index in [0.29, 0.717) is 23.6 Å². The fraction of sp³-hybridized carbons (Fsp3) is 0.200. The number of aromatic nitrogens is 1. The third-order valence-corrected chi connectivity index (χ3v) is 4.87. The predicted octanol–water partition coefficient (Wildman–Crippen LogP) is 3.68. The van der Waals surface area contributed by atoms with Crippen LogP contribution in [0.3, 0.4) is 0 Å². The Bertz CT molecular complexity index is 878. The van der Waals surface area contributed by atoms with Crippen molar-refractivity contribution < 1.29 is 14.3 Å². The van der Waals surface area contributed by atoms with Crippen LogP contribution >= 0.6 is 11.3 Å². The van der Waals surface area contributed by atoms with E-state index in [-0.39, 0.29) is 5.91 Å². The molecule has 1 heterocycles. The fourth-order valence-corrected chi connectivity index (χ4v) is 3.44. The predicted molar refractivity (Wildman–Crippen MR) is 102 cm³/mol. The van der Waals surface area contributed by atoms with Crippen LogP contribution in [-0.4, -0.2) is 25.1 Å². The van der Waals surface area contributed by atoms with E-state index in [2.05, 4.69) is 22.4 Å². The molecule has 3 aromatic rings. The number of carbonyl (C=O) groups excluding carboxylic acids is 1. The van der Waals surface area contributed by atoms with Crippen LogP contribution in [0.2, 0.25) is 0 Å². The van der Waals surface area contributed by atoms with Gasteiger partial charge in [0.1, 0.15) is 5.01 Å². The Hall–Kier alpha value is -2.86. The Morgan fingerprint density at radius 3 is 2.58 bits per heavy atom. The topological polar surface area (TPSA) is 60.5 Å². The zero-order chi connectivity index (χ0) is 18.4. The maximum Gasteiger partial charge on any atom is 0.251 e. The molecule has 3 rings (SSSR count). The van der Waals surface area contributed by atoms with Gasteiger partial charge in [-0.3, -0.25) is 4.79 Å². The number of methoxy groups -OCH3 is 2. The maximum atomic E-state index is 12.4. The molecule has 0 atom stereocenters. The molecule has 0 aliphatic carbocycles. The minimum atomic E-state index is -0.175. The van der Waals surface area contributed by atoms with Crippen molar-refractivity contribution in [3.05, 3.63) is 75.7 Å². The third-order valence-electron chi connectivity index (χ3n) is 3.87. The summed E-state index contributed by atoms with van der Waals surface area (Å²) < 4.78 is 10.4. The first-order valence-corrected chi connectivity index (χ1v) is 8.99. The average Bonchev–Trinajstić information content (AvgIpc) is 3.13. The number of ether oxygens (including phenoxy) is 2. The molecule has 1 aromatic heterocycles. The zero-order valence-electron chi connectivity index (χ0n) is 14.7. The molecule has 0 aliphatic heterocycles. The molecule has 0 aliphatic rings. The molecule has 1 amide bonds. The van der Waals surface area contributed by atoms with Crippen molar-refractivity contribution in [1.82, 2.24) is 10.3 Å². The molecule has 0 radical (unpaired) electrons. The lowest BCUT2D eigenvalue weighted by molar-refractivity contribution is 0.0950. The maximum absolute atomic E-state index is 12.4. The summed E-state index contributed by atoms with van der Waals surface area (Å²) >= 11 is 1.61. The van der Waals surface area contributed by atoms with Gasteiger partial charge in [-0.25, -0.2) is 4.98 Å². The van der Waals surface area contributed by atoms with Gasteiger partial charge in [-0.2, -0.15) is 0 Å². The minimum Gasteiger partial charge on any atom is -0.493 e. The summed E-state index contributed by atoms with van der Waals surface area (Å²) in [5.41, 5.74) is 1.76. The first-order chi connectivity index (χ1) is 12.7. The lowest BCUT2D eigenvalue weighted by atomic mass is 10.1. The molecule has 6 heteroatoms. The highest BCUT2D eigenvalue weighted by Gasteiger charge is 2.11. The number of carbonyl (C=O) groups is 1. The number of rotatable bonds is 7. The molecular formula is C20H20N2O3S. The van der Waals surface area contributed by atoms with Gasteiger partial charge in [-0.1, -0.05) is 30.3 Å². The third kappa shape index (κ3) is 4.40. The minimum absolute atomic E-state index is 0.175. The molecule has 0 saturated heterocycles. The summed E-state index contributed by atoms with van der Waals surface area (Å²) in [6.07, 6.45) is 2.72. The van der Waals surface area contributed by atoms with Crippen molar-refractivity contribution in [2.24, 2.45) is 0 Å². The van der Waals surface area contributed by atoms with Crippen LogP contribution < -0.4 is 14.8 Å². The van der Waals surface area contributed by atoms with Crippen LogP contribution in [0.25, 0.3) is 0 Å². The second-order valence-electron chi connectivity index (χ2n) is 5.64. The summed E-state index contributed by atoms with van der Waals surface area (Å²) in [6.45, 7) is 0.395. The SMILES string of the molecule is COc1ccc(C(=O)NCc2ncc(Cc3ccccc3)s2)cc1OC. The number of thiazole rings is 1. The van der Waals surface area contributed by atoms with Gasteiger partial charge in [0.05, 0.1) is 20.8 Å². The molecule has 0 spiro atoms. The summed E-state index contributed by atoms with van der Waals surface area (Å²) in [4.78, 5) is 17.9. The largest absolute Gasteiger partial charge is 0.493 e. The summed E-state index contributed by atoms with van der Waals surface area (Å²) in [5, 5.41) is 3.77. The van der Waals surface area contributed by atoms with E-state index in [1.165, 1.54) is 10.4 Å². The van der Waals surface area contributed by atoms with Crippen LogP contribution in [0.5, 0.6) is 11.5 Å². The Morgan fingerprint density at radius 1 is 1.08 bits per heavy atom. The van der Waals surface area contributed by atoms with E-state index in [4.69, 9.17) is 9.47 Å². The Labute approximate surface area is 156 Å². The highest BCUT2D eigenvalue weighted by Crippen LogP contribution is 2.27. The normalized spacial score (nSPS) is 10.4. The van der Waals surface area contributed by atoms with Crippen LogP contribution in [-0.2, 0) is 13.0 Å². The second-order valence-corrected chi connectivity index (χ2v) is 6.83. The number of hydrogen-bond acceptors (Lipinski definition) is 5. The van der Waals surface area contributed by atoms with Gasteiger partial charge in [0.25, 0.3) is 5.91 Å². The Kier molecular flexibility index (Phi) is 5.86. The lowest BCUT2D eigenvalue weighted by Gasteiger charge is -2.09. The van der Waals surface area contributed by atoms with E-state index in [0.717, 1.165) is 11.4 Å². The van der Waals surface area contributed by atoms with Crippen molar-refractivity contribution in [2.75, 3.05) is 14.2 Å². The molecule has 2 aromatic carbocycles. The van der Waals surface area contributed by atoms with Crippen LogP contribution in [0, 0.1) is 0 Å². The number of nitrogens with zero attached hydrogens (tertiary/aromatic N) is 1. The van der Waals surface area contributed by atoms with Gasteiger partial charge in [-0.15, -0.1) is 11.3 Å². The first kappa shape index (κ1) is 17.9. The quantitative estimate of drug-likeness (QED) is 0.691. The lowest BCUT2D eigenvalue weighted by Crippen LogP contribution is -2.22. The average molecular weight is 368 g/mol. The van der Waals surface area contributed by atoms with Crippen molar-refractivity contribution in [3.8, 4) is 11.5 Å². The summed E-state index contributed by atoms with van der Waals surface area (Å²) in [5.74, 6) is 0.944. The first-order valence-electron chi connectivity index (χ1n) is 8.17. The van der Waals surface area contributed by atoms with Gasteiger partial charge in [0.2, 0.25) is 0 Å². The monoisotopic (exact) mass is 368 g/mol. The smallest absolute Gasteiger partial charge is 0.251 e. The number of amides is 1. The molecular weight excluding hydrogens is 348 g/mol. The van der Waals surface area contributed by atoms with Crippen LogP contribution in [0.4, 0.5) is 0 Å². The highest BCUT2D eigenvalue weighted by atomic mass is 32.1. The molecule has 0 saturated carbocycles.